The lowest BCUT2D eigenvalue weighted by atomic mass is 10.1. The maximum Gasteiger partial charge on any atom is 0.294 e. The Bertz CT molecular complexity index is 670. The first-order valence-corrected chi connectivity index (χ1v) is 9.93. The Morgan fingerprint density at radius 3 is 2.76 bits per heavy atom. The Hall–Kier alpha value is -1.57. The molecule has 1 aromatic rings. The van der Waals surface area contributed by atoms with Crippen molar-refractivity contribution in [3.63, 3.8) is 0 Å². The maximum absolute atomic E-state index is 12.5. The molecular formula is C18H24N3O3S+. The van der Waals surface area contributed by atoms with Crippen LogP contribution in [0.4, 0.5) is 5.69 Å². The zero-order chi connectivity index (χ0) is 17.2. The average Bonchev–Trinajstić information content (AvgIpc) is 3.14. The monoisotopic (exact) mass is 362 g/mol. The summed E-state index contributed by atoms with van der Waals surface area (Å²) in [5, 5.41) is 5.95. The molecule has 25 heavy (non-hydrogen) atoms. The van der Waals surface area contributed by atoms with Gasteiger partial charge in [0.05, 0.1) is 18.9 Å². The first-order valence-electron chi connectivity index (χ1n) is 9.05. The summed E-state index contributed by atoms with van der Waals surface area (Å²) in [6.45, 7) is 3.10. The third-order valence-corrected chi connectivity index (χ3v) is 6.57. The van der Waals surface area contributed by atoms with E-state index >= 15 is 0 Å². The van der Waals surface area contributed by atoms with Crippen molar-refractivity contribution in [1.82, 2.24) is 5.32 Å². The molecule has 0 spiro atoms. The zero-order valence-electron chi connectivity index (χ0n) is 14.2. The number of anilines is 1. The number of hydrogen-bond acceptors (Lipinski definition) is 4. The van der Waals surface area contributed by atoms with E-state index in [1.54, 1.807) is 17.8 Å². The number of carbonyl (C=O) groups excluding carboxylic acids is 2. The fourth-order valence-electron chi connectivity index (χ4n) is 3.75. The van der Waals surface area contributed by atoms with Crippen LogP contribution in [-0.4, -0.2) is 49.5 Å². The van der Waals surface area contributed by atoms with E-state index in [2.05, 4.69) is 10.6 Å². The number of ether oxygens (including phenoxy) is 1. The van der Waals surface area contributed by atoms with Gasteiger partial charge in [0.1, 0.15) is 13.1 Å². The van der Waals surface area contributed by atoms with Crippen molar-refractivity contribution in [3.8, 4) is 0 Å². The predicted octanol–water partition coefficient (Wildman–Crippen LogP) is 0.644. The van der Waals surface area contributed by atoms with Crippen LogP contribution in [0.15, 0.2) is 23.1 Å². The van der Waals surface area contributed by atoms with Crippen molar-refractivity contribution in [2.75, 3.05) is 31.6 Å². The molecule has 0 aromatic heterocycles. The number of quaternary nitrogens is 1. The average molecular weight is 362 g/mol. The van der Waals surface area contributed by atoms with Gasteiger partial charge in [-0.3, -0.25) is 9.59 Å². The van der Waals surface area contributed by atoms with Gasteiger partial charge in [0, 0.05) is 16.5 Å². The topological polar surface area (TPSA) is 71.9 Å². The Kier molecular flexibility index (Phi) is 4.96. The molecule has 1 saturated heterocycles. The number of thioether (sulfide) groups is 1. The van der Waals surface area contributed by atoms with Gasteiger partial charge in [0.25, 0.3) is 11.8 Å². The second-order valence-electron chi connectivity index (χ2n) is 6.92. The number of fused-ring (bicyclic) bond motifs is 1. The van der Waals surface area contributed by atoms with E-state index in [1.165, 1.54) is 17.7 Å². The highest BCUT2D eigenvalue weighted by Crippen LogP contribution is 2.34. The third kappa shape index (κ3) is 3.68. The Morgan fingerprint density at radius 1 is 1.24 bits per heavy atom. The number of hydrogen-bond donors (Lipinski definition) is 3. The van der Waals surface area contributed by atoms with Gasteiger partial charge in [-0.1, -0.05) is 24.6 Å². The molecule has 0 radical (unpaired) electrons. The Morgan fingerprint density at radius 2 is 2.00 bits per heavy atom. The summed E-state index contributed by atoms with van der Waals surface area (Å²) in [6, 6.07) is 5.91. The minimum atomic E-state index is -0.144. The lowest BCUT2D eigenvalue weighted by Gasteiger charge is -2.33. The van der Waals surface area contributed by atoms with Crippen LogP contribution >= 0.6 is 11.8 Å². The van der Waals surface area contributed by atoms with E-state index in [0.717, 1.165) is 36.5 Å². The Labute approximate surface area is 151 Å². The smallest absolute Gasteiger partial charge is 0.294 e. The van der Waals surface area contributed by atoms with Gasteiger partial charge < -0.3 is 20.3 Å². The molecule has 2 aliphatic heterocycles. The summed E-state index contributed by atoms with van der Waals surface area (Å²) in [5.41, 5.74) is 1.36. The highest BCUT2D eigenvalue weighted by molar-refractivity contribution is 8.00. The van der Waals surface area contributed by atoms with Crippen LogP contribution in [0, 0.1) is 0 Å². The molecule has 1 aromatic carbocycles. The van der Waals surface area contributed by atoms with Crippen molar-refractivity contribution in [1.29, 1.82) is 0 Å². The largest absolute Gasteiger partial charge is 0.370 e. The van der Waals surface area contributed by atoms with Gasteiger partial charge in [-0.2, -0.15) is 0 Å². The quantitative estimate of drug-likeness (QED) is 0.738. The van der Waals surface area contributed by atoms with Crippen molar-refractivity contribution in [2.24, 2.45) is 0 Å². The van der Waals surface area contributed by atoms with Crippen LogP contribution in [0.5, 0.6) is 0 Å². The second kappa shape index (κ2) is 7.35. The zero-order valence-corrected chi connectivity index (χ0v) is 15.0. The maximum atomic E-state index is 12.5. The first kappa shape index (κ1) is 16.9. The SMILES string of the molecule is O=C(NC1CCCC1)c1ccc2c(c1)NC(=O)C([NH+]1CCOCC1)S2. The molecule has 1 unspecified atom stereocenters. The summed E-state index contributed by atoms with van der Waals surface area (Å²) in [7, 11) is 0. The summed E-state index contributed by atoms with van der Waals surface area (Å²) in [4.78, 5) is 27.2. The van der Waals surface area contributed by atoms with Gasteiger partial charge in [0.2, 0.25) is 5.37 Å². The van der Waals surface area contributed by atoms with Crippen LogP contribution in [-0.2, 0) is 9.53 Å². The highest BCUT2D eigenvalue weighted by Gasteiger charge is 2.36. The number of benzene rings is 1. The molecule has 3 N–H and O–H groups in total. The van der Waals surface area contributed by atoms with Gasteiger partial charge in [-0.15, -0.1) is 0 Å². The molecule has 1 atom stereocenters. The molecule has 3 aliphatic rings. The lowest BCUT2D eigenvalue weighted by Crippen LogP contribution is -3.18. The van der Waals surface area contributed by atoms with E-state index in [1.807, 2.05) is 12.1 Å². The molecule has 7 heteroatoms. The molecule has 2 amide bonds. The number of morpholine rings is 1. The third-order valence-electron chi connectivity index (χ3n) is 5.18. The summed E-state index contributed by atoms with van der Waals surface area (Å²) >= 11 is 1.59. The molecule has 1 aliphatic carbocycles. The number of amides is 2. The molecule has 6 nitrogen and oxygen atoms in total. The van der Waals surface area contributed by atoms with E-state index in [9.17, 15) is 9.59 Å². The molecule has 134 valence electrons. The van der Waals surface area contributed by atoms with E-state index in [4.69, 9.17) is 4.74 Å². The van der Waals surface area contributed by atoms with Crippen molar-refractivity contribution >= 4 is 29.3 Å². The van der Waals surface area contributed by atoms with Gasteiger partial charge in [-0.05, 0) is 31.0 Å². The fourth-order valence-corrected chi connectivity index (χ4v) is 4.96. The van der Waals surface area contributed by atoms with E-state index in [-0.39, 0.29) is 17.2 Å². The summed E-state index contributed by atoms with van der Waals surface area (Å²) < 4.78 is 5.39. The van der Waals surface area contributed by atoms with Crippen LogP contribution < -0.4 is 15.5 Å². The standard InChI is InChI=1S/C18H23N3O3S/c22-16(19-13-3-1-2-4-13)12-5-6-15-14(11-12)20-17(23)18(25-15)21-7-9-24-10-8-21/h5-6,11,13,18H,1-4,7-10H2,(H,19,22)(H,20,23)/p+1. The van der Waals surface area contributed by atoms with Crippen LogP contribution in [0.3, 0.4) is 0 Å². The highest BCUT2D eigenvalue weighted by atomic mass is 32.2. The summed E-state index contributed by atoms with van der Waals surface area (Å²) in [5.74, 6) is -0.0300. The normalized spacial score (nSPS) is 24.6. The van der Waals surface area contributed by atoms with Crippen molar-refractivity contribution in [3.05, 3.63) is 23.8 Å². The minimum absolute atomic E-state index is 0.0164. The van der Waals surface area contributed by atoms with E-state index in [0.29, 0.717) is 24.8 Å². The number of rotatable bonds is 3. The number of carbonyl (C=O) groups is 2. The van der Waals surface area contributed by atoms with Crippen LogP contribution in [0.2, 0.25) is 0 Å². The fraction of sp³-hybridized carbons (Fsp3) is 0.556. The van der Waals surface area contributed by atoms with Gasteiger partial charge >= 0.3 is 0 Å². The molecular weight excluding hydrogens is 338 g/mol. The van der Waals surface area contributed by atoms with Crippen LogP contribution in [0.25, 0.3) is 0 Å². The predicted molar refractivity (Wildman–Crippen MR) is 96.0 cm³/mol. The Balaban J connectivity index is 1.47. The lowest BCUT2D eigenvalue weighted by molar-refractivity contribution is -0.909. The van der Waals surface area contributed by atoms with Crippen LogP contribution in [0.1, 0.15) is 36.0 Å². The second-order valence-corrected chi connectivity index (χ2v) is 8.07. The van der Waals surface area contributed by atoms with Crippen molar-refractivity contribution < 1.29 is 19.2 Å². The van der Waals surface area contributed by atoms with Crippen molar-refractivity contribution in [2.45, 2.75) is 42.0 Å². The van der Waals surface area contributed by atoms with E-state index < -0.39 is 0 Å². The van der Waals surface area contributed by atoms with Gasteiger partial charge in [0.15, 0.2) is 0 Å². The molecule has 2 fully saturated rings. The minimum Gasteiger partial charge on any atom is -0.370 e. The molecule has 0 bridgehead atoms. The molecule has 2 heterocycles. The summed E-state index contributed by atoms with van der Waals surface area (Å²) in [6.07, 6.45) is 4.50. The molecule has 1 saturated carbocycles. The van der Waals surface area contributed by atoms with Gasteiger partial charge in [-0.25, -0.2) is 0 Å². The number of nitrogens with one attached hydrogen (secondary N) is 3. The molecule has 4 rings (SSSR count). The first-order chi connectivity index (χ1) is 12.2.